The van der Waals surface area contributed by atoms with Crippen molar-refractivity contribution in [3.05, 3.63) is 28.8 Å². The first kappa shape index (κ1) is 14.5. The third kappa shape index (κ3) is 2.96. The molecule has 1 aromatic rings. The lowest BCUT2D eigenvalue weighted by Crippen LogP contribution is -2.35. The Bertz CT molecular complexity index is 576. The molecule has 0 bridgehead atoms. The van der Waals surface area contributed by atoms with Crippen LogP contribution < -0.4 is 10.6 Å². The maximum Gasteiger partial charge on any atom is 0.319 e. The van der Waals surface area contributed by atoms with E-state index in [1.165, 1.54) is 6.07 Å². The lowest BCUT2D eigenvalue weighted by Gasteiger charge is -2.23. The van der Waals surface area contributed by atoms with Gasteiger partial charge in [-0.3, -0.25) is 0 Å². The summed E-state index contributed by atoms with van der Waals surface area (Å²) in [4.78, 5) is 11.9. The molecule has 2 fully saturated rings. The highest BCUT2D eigenvalue weighted by molar-refractivity contribution is 6.30. The maximum atomic E-state index is 13.6. The quantitative estimate of drug-likeness (QED) is 0.822. The van der Waals surface area contributed by atoms with E-state index < -0.39 is 17.7 Å². The molecule has 1 aliphatic heterocycles. The zero-order valence-corrected chi connectivity index (χ0v) is 12.0. The third-order valence-electron chi connectivity index (χ3n) is 4.22. The number of carbonyl (C=O) groups is 1. The van der Waals surface area contributed by atoms with Crippen molar-refractivity contribution in [1.29, 1.82) is 0 Å². The van der Waals surface area contributed by atoms with Gasteiger partial charge in [0.2, 0.25) is 0 Å². The summed E-state index contributed by atoms with van der Waals surface area (Å²) in [6, 6.07) is 1.55. The zero-order chi connectivity index (χ0) is 15.0. The number of hydrogen-bond acceptors (Lipinski definition) is 2. The Balaban J connectivity index is 1.60. The van der Waals surface area contributed by atoms with E-state index in [1.807, 2.05) is 0 Å². The summed E-state index contributed by atoms with van der Waals surface area (Å²) in [5, 5.41) is 5.12. The van der Waals surface area contributed by atoms with E-state index in [0.717, 1.165) is 25.3 Å². The molecule has 0 radical (unpaired) electrons. The van der Waals surface area contributed by atoms with Crippen LogP contribution in [0.25, 0.3) is 0 Å². The van der Waals surface area contributed by atoms with Crippen LogP contribution in [-0.2, 0) is 4.74 Å². The minimum atomic E-state index is -1.12. The second kappa shape index (κ2) is 5.42. The van der Waals surface area contributed by atoms with E-state index in [-0.39, 0.29) is 22.2 Å². The van der Waals surface area contributed by atoms with Gasteiger partial charge in [0.15, 0.2) is 11.6 Å². The Morgan fingerprint density at radius 1 is 1.33 bits per heavy atom. The number of hydrogen-bond donors (Lipinski definition) is 2. The minimum Gasteiger partial charge on any atom is -0.381 e. The lowest BCUT2D eigenvalue weighted by atomic mass is 9.96. The van der Waals surface area contributed by atoms with Gasteiger partial charge in [-0.1, -0.05) is 11.6 Å². The Hall–Kier alpha value is -1.40. The normalized spacial score (nSPS) is 22.9. The summed E-state index contributed by atoms with van der Waals surface area (Å²) in [7, 11) is 0. The number of amides is 2. The molecular formula is C14H15ClF2N2O2. The number of urea groups is 1. The van der Waals surface area contributed by atoms with E-state index >= 15 is 0 Å². The molecule has 4 nitrogen and oxygen atoms in total. The number of ether oxygens (including phenoxy) is 1. The monoisotopic (exact) mass is 316 g/mol. The van der Waals surface area contributed by atoms with Gasteiger partial charge in [-0.05, 0) is 36.8 Å². The number of carbonyl (C=O) groups excluding carboxylic acids is 1. The summed E-state index contributed by atoms with van der Waals surface area (Å²) in [5.74, 6) is -2.21. The zero-order valence-electron chi connectivity index (χ0n) is 11.2. The largest absolute Gasteiger partial charge is 0.381 e. The SMILES string of the molecule is O=C(Nc1cc(Cl)cc(F)c1F)N[C@H]1CC12CCOCC2. The maximum absolute atomic E-state index is 13.6. The number of rotatable bonds is 2. The van der Waals surface area contributed by atoms with Crippen LogP contribution >= 0.6 is 11.6 Å². The molecule has 1 heterocycles. The highest BCUT2D eigenvalue weighted by atomic mass is 35.5. The van der Waals surface area contributed by atoms with Gasteiger partial charge in [0.05, 0.1) is 5.69 Å². The van der Waals surface area contributed by atoms with Crippen LogP contribution in [0.5, 0.6) is 0 Å². The molecule has 114 valence electrons. The van der Waals surface area contributed by atoms with Crippen LogP contribution in [0.15, 0.2) is 12.1 Å². The Morgan fingerprint density at radius 3 is 2.76 bits per heavy atom. The fourth-order valence-corrected chi connectivity index (χ4v) is 3.05. The first-order valence-electron chi connectivity index (χ1n) is 6.80. The Kier molecular flexibility index (Phi) is 3.75. The molecule has 1 atom stereocenters. The molecule has 1 aromatic carbocycles. The smallest absolute Gasteiger partial charge is 0.319 e. The first-order chi connectivity index (χ1) is 10.00. The van der Waals surface area contributed by atoms with Gasteiger partial charge in [0.25, 0.3) is 0 Å². The molecule has 7 heteroatoms. The molecule has 3 rings (SSSR count). The van der Waals surface area contributed by atoms with Crippen LogP contribution in [0.1, 0.15) is 19.3 Å². The summed E-state index contributed by atoms with van der Waals surface area (Å²) < 4.78 is 32.1. The molecule has 1 aliphatic carbocycles. The van der Waals surface area contributed by atoms with E-state index in [4.69, 9.17) is 16.3 Å². The van der Waals surface area contributed by atoms with E-state index in [0.29, 0.717) is 13.2 Å². The highest BCUT2D eigenvalue weighted by Gasteiger charge is 2.55. The number of nitrogens with one attached hydrogen (secondary N) is 2. The van der Waals surface area contributed by atoms with Crippen molar-refractivity contribution in [3.8, 4) is 0 Å². The number of benzene rings is 1. The van der Waals surface area contributed by atoms with Crippen molar-refractivity contribution in [1.82, 2.24) is 5.32 Å². The summed E-state index contributed by atoms with van der Waals surface area (Å²) in [5.41, 5.74) is -0.146. The van der Waals surface area contributed by atoms with Crippen molar-refractivity contribution >= 4 is 23.3 Å². The van der Waals surface area contributed by atoms with Crippen LogP contribution in [0.3, 0.4) is 0 Å². The van der Waals surface area contributed by atoms with Crippen LogP contribution in [0.2, 0.25) is 5.02 Å². The molecule has 2 N–H and O–H groups in total. The van der Waals surface area contributed by atoms with Crippen molar-refractivity contribution < 1.29 is 18.3 Å². The summed E-state index contributed by atoms with van der Waals surface area (Å²) >= 11 is 5.65. The predicted octanol–water partition coefficient (Wildman–Crippen LogP) is 3.31. The van der Waals surface area contributed by atoms with Crippen LogP contribution in [0, 0.1) is 17.0 Å². The number of anilines is 1. The van der Waals surface area contributed by atoms with Gasteiger partial charge in [-0.25, -0.2) is 13.6 Å². The van der Waals surface area contributed by atoms with Gasteiger partial charge in [0, 0.05) is 24.3 Å². The van der Waals surface area contributed by atoms with Gasteiger partial charge in [0.1, 0.15) is 0 Å². The van der Waals surface area contributed by atoms with E-state index in [2.05, 4.69) is 10.6 Å². The van der Waals surface area contributed by atoms with E-state index in [9.17, 15) is 13.6 Å². The second-order valence-corrected chi connectivity index (χ2v) is 6.02. The molecular weight excluding hydrogens is 302 g/mol. The fourth-order valence-electron chi connectivity index (χ4n) is 2.85. The molecule has 1 spiro atoms. The summed E-state index contributed by atoms with van der Waals surface area (Å²) in [6.45, 7) is 1.40. The molecule has 2 aliphatic rings. The van der Waals surface area contributed by atoms with Gasteiger partial charge < -0.3 is 15.4 Å². The van der Waals surface area contributed by atoms with Crippen molar-refractivity contribution in [2.45, 2.75) is 25.3 Å². The van der Waals surface area contributed by atoms with Crippen molar-refractivity contribution in [3.63, 3.8) is 0 Å². The first-order valence-corrected chi connectivity index (χ1v) is 7.18. The average molecular weight is 317 g/mol. The molecule has 2 amide bonds. The Labute approximate surface area is 125 Å². The van der Waals surface area contributed by atoms with E-state index in [1.54, 1.807) is 0 Å². The second-order valence-electron chi connectivity index (χ2n) is 5.58. The molecule has 1 saturated carbocycles. The predicted molar refractivity (Wildman–Crippen MR) is 74.4 cm³/mol. The molecule has 21 heavy (non-hydrogen) atoms. The summed E-state index contributed by atoms with van der Waals surface area (Å²) in [6.07, 6.45) is 2.73. The van der Waals surface area contributed by atoms with Crippen LogP contribution in [0.4, 0.5) is 19.3 Å². The highest BCUT2D eigenvalue weighted by Crippen LogP contribution is 2.53. The van der Waals surface area contributed by atoms with Gasteiger partial charge in [-0.15, -0.1) is 0 Å². The standard InChI is InChI=1S/C14H15ClF2N2O2/c15-8-5-9(16)12(17)10(6-8)18-13(20)19-11-7-14(11)1-3-21-4-2-14/h5-6,11H,1-4,7H2,(H2,18,19,20)/t11-/m0/s1. The molecule has 0 aromatic heterocycles. The van der Waals surface area contributed by atoms with Crippen LogP contribution in [-0.4, -0.2) is 25.3 Å². The third-order valence-corrected chi connectivity index (χ3v) is 4.44. The molecule has 1 saturated heterocycles. The number of halogens is 3. The lowest BCUT2D eigenvalue weighted by molar-refractivity contribution is 0.0548. The topological polar surface area (TPSA) is 50.4 Å². The van der Waals surface area contributed by atoms with Gasteiger partial charge >= 0.3 is 6.03 Å². The molecule has 0 unspecified atom stereocenters. The minimum absolute atomic E-state index is 0.0246. The van der Waals surface area contributed by atoms with Gasteiger partial charge in [-0.2, -0.15) is 0 Å². The van der Waals surface area contributed by atoms with Crippen molar-refractivity contribution in [2.75, 3.05) is 18.5 Å². The fraction of sp³-hybridized carbons (Fsp3) is 0.500. The Morgan fingerprint density at radius 2 is 2.05 bits per heavy atom. The average Bonchev–Trinajstić information content (AvgIpc) is 3.07. The van der Waals surface area contributed by atoms with Crippen molar-refractivity contribution in [2.24, 2.45) is 5.41 Å².